The van der Waals surface area contributed by atoms with Crippen LogP contribution >= 0.6 is 23.2 Å². The van der Waals surface area contributed by atoms with Crippen LogP contribution in [0.1, 0.15) is 63.0 Å². The third kappa shape index (κ3) is 8.23. The van der Waals surface area contributed by atoms with Gasteiger partial charge in [-0.2, -0.15) is 0 Å². The molecule has 1 unspecified atom stereocenters. The molecule has 51 heavy (non-hydrogen) atoms. The molecule has 3 saturated heterocycles. The van der Waals surface area contributed by atoms with Crippen LogP contribution in [0.4, 0.5) is 4.39 Å². The molecule has 2 bridgehead atoms. The van der Waals surface area contributed by atoms with E-state index in [9.17, 15) is 24.3 Å². The van der Waals surface area contributed by atoms with E-state index in [4.69, 9.17) is 37.4 Å². The Bertz CT molecular complexity index is 1900. The summed E-state index contributed by atoms with van der Waals surface area (Å²) < 4.78 is 32.3. The Morgan fingerprint density at radius 3 is 2.33 bits per heavy atom. The van der Waals surface area contributed by atoms with Crippen molar-refractivity contribution in [2.45, 2.75) is 43.9 Å². The Kier molecular flexibility index (Phi) is 11.3. The van der Waals surface area contributed by atoms with Crippen molar-refractivity contribution in [3.05, 3.63) is 122 Å². The number of carbonyl (C=O) groups excluding carboxylic acids is 1. The number of methoxy groups -OCH3 is 2. The molecule has 7 rings (SSSR count). The fourth-order valence-electron chi connectivity index (χ4n) is 7.13. The van der Waals surface area contributed by atoms with Gasteiger partial charge in [0.25, 0.3) is 0 Å². The zero-order valence-electron chi connectivity index (χ0n) is 28.2. The van der Waals surface area contributed by atoms with E-state index < -0.39 is 29.7 Å². The molecule has 1 aromatic heterocycles. The number of nitrogens with zero attached hydrogens (tertiary/aromatic N) is 2. The number of benzene rings is 3. The Morgan fingerprint density at radius 2 is 1.71 bits per heavy atom. The summed E-state index contributed by atoms with van der Waals surface area (Å²) >= 11 is 13.1. The number of carboxylic acids is 1. The second-order valence-electron chi connectivity index (χ2n) is 12.9. The van der Waals surface area contributed by atoms with Gasteiger partial charge in [-0.05, 0) is 90.9 Å². The van der Waals surface area contributed by atoms with Crippen LogP contribution in [0.2, 0.25) is 10.0 Å². The van der Waals surface area contributed by atoms with Gasteiger partial charge in [-0.1, -0.05) is 53.5 Å². The number of rotatable bonds is 13. The maximum Gasteiger partial charge on any atom is 0.335 e. The first-order chi connectivity index (χ1) is 24.5. The fraction of sp³-hybridized carbons (Fsp3) is 0.342. The highest BCUT2D eigenvalue weighted by atomic mass is 35.5. The van der Waals surface area contributed by atoms with Crippen LogP contribution in [0, 0.1) is 11.7 Å². The number of ether oxygens (including phenoxy) is 3. The second-order valence-corrected chi connectivity index (χ2v) is 13.7. The molecule has 10 nitrogen and oxygen atoms in total. The second kappa shape index (κ2) is 15.9. The molecule has 0 saturated carbocycles. The molecule has 3 fully saturated rings. The van der Waals surface area contributed by atoms with Gasteiger partial charge >= 0.3 is 11.9 Å². The lowest BCUT2D eigenvalue weighted by Gasteiger charge is -2.44. The average molecular weight is 740 g/mol. The molecule has 268 valence electrons. The molecule has 4 heterocycles. The number of carboxylic acid groups (broad SMARTS) is 1. The maximum absolute atomic E-state index is 14.4. The highest BCUT2D eigenvalue weighted by molar-refractivity contribution is 6.35. The van der Waals surface area contributed by atoms with Crippen molar-refractivity contribution in [1.82, 2.24) is 10.2 Å². The van der Waals surface area contributed by atoms with Gasteiger partial charge in [0, 0.05) is 29.3 Å². The Hall–Kier alpha value is -4.42. The summed E-state index contributed by atoms with van der Waals surface area (Å²) in [5.41, 5.74) is 2.75. The summed E-state index contributed by atoms with van der Waals surface area (Å²) in [4.78, 5) is 28.7. The smallest absolute Gasteiger partial charge is 0.335 e. The summed E-state index contributed by atoms with van der Waals surface area (Å²) in [6, 6.07) is 15.1. The van der Waals surface area contributed by atoms with Crippen LogP contribution in [0.3, 0.4) is 0 Å². The van der Waals surface area contributed by atoms with Crippen molar-refractivity contribution in [3.8, 4) is 11.5 Å². The lowest BCUT2D eigenvalue weighted by atomic mass is 9.82. The molecule has 3 atom stereocenters. The molecule has 3 N–H and O–H groups in total. The number of piperidine rings is 3. The van der Waals surface area contributed by atoms with Crippen molar-refractivity contribution in [3.63, 3.8) is 0 Å². The third-order valence-electron chi connectivity index (χ3n) is 9.80. The van der Waals surface area contributed by atoms with Gasteiger partial charge in [-0.25, -0.2) is 14.0 Å². The maximum atomic E-state index is 14.4. The molecule has 13 heteroatoms. The number of pyridine rings is 1. The zero-order valence-corrected chi connectivity index (χ0v) is 29.7. The molecule has 3 aliphatic rings. The number of aromatic carboxylic acids is 1. The van der Waals surface area contributed by atoms with Gasteiger partial charge in [0.15, 0.2) is 11.5 Å². The van der Waals surface area contributed by atoms with Crippen molar-refractivity contribution >= 4 is 35.1 Å². The van der Waals surface area contributed by atoms with Gasteiger partial charge in [0.05, 0.1) is 19.8 Å². The Balaban J connectivity index is 1.36. The quantitative estimate of drug-likeness (QED) is 0.0835. The third-order valence-corrected chi connectivity index (χ3v) is 10.5. The van der Waals surface area contributed by atoms with Gasteiger partial charge < -0.3 is 19.3 Å². The first-order valence-corrected chi connectivity index (χ1v) is 17.4. The first kappa shape index (κ1) is 36.4. The minimum absolute atomic E-state index is 0.0439. The fourth-order valence-corrected chi connectivity index (χ4v) is 7.73. The zero-order chi connectivity index (χ0) is 36.2. The number of carbonyl (C=O) groups is 2. The number of aromatic nitrogens is 1. The molecular formula is C38H39Cl2FN3O7+. The van der Waals surface area contributed by atoms with Crippen LogP contribution in [-0.2, 0) is 22.5 Å². The number of fused-ring (bicyclic) bond motifs is 3. The van der Waals surface area contributed by atoms with Crippen LogP contribution in [0.5, 0.6) is 11.5 Å². The standard InChI is InChI=1S/C38H38Cl2FN3O7/c1-49-33-9-7-24(16-34(33)50-2)28(17-30-31(39)19-44(48)20-32(30)40)29-14-22(6-8-27(29)37(45)46)18-42-36(25-4-3-5-26(41)15-25)38(47)51-35-21-43-12-10-23(35)11-13-43/h3-9,14-16,19-20,23,28,35-36,42H,10-13,17-18,21H2,1-2H3,(H-,45,46,48)/p+1/t28-,35-,36?/m0/s1. The van der Waals surface area contributed by atoms with Crippen LogP contribution in [0.15, 0.2) is 73.1 Å². The van der Waals surface area contributed by atoms with Gasteiger partial charge in [0.1, 0.15) is 28.0 Å². The summed E-state index contributed by atoms with van der Waals surface area (Å²) in [6.07, 6.45) is 4.45. The van der Waals surface area contributed by atoms with E-state index in [1.54, 1.807) is 36.4 Å². The average Bonchev–Trinajstić information content (AvgIpc) is 3.11. The van der Waals surface area contributed by atoms with Gasteiger partial charge in [-0.3, -0.25) is 15.4 Å². The van der Waals surface area contributed by atoms with E-state index in [1.165, 1.54) is 44.8 Å². The van der Waals surface area contributed by atoms with Crippen molar-refractivity contribution in [2.75, 3.05) is 33.9 Å². The number of esters is 1. The predicted octanol–water partition coefficient (Wildman–Crippen LogP) is 6.22. The minimum atomic E-state index is -1.15. The molecule has 3 aliphatic heterocycles. The molecule has 3 aromatic carbocycles. The SMILES string of the molecule is COc1ccc([C@H](Cc2c(Cl)c[n+](O)cc2Cl)c2cc(CNC(C(=O)O[C@H]3CN4CCC3CC4)c3cccc(F)c3)ccc2C(=O)O)cc1OC. The van der Waals surface area contributed by atoms with Crippen LogP contribution in [-0.4, -0.2) is 67.1 Å². The highest BCUT2D eigenvalue weighted by Crippen LogP contribution is 2.39. The summed E-state index contributed by atoms with van der Waals surface area (Å²) in [5.74, 6) is -1.53. The largest absolute Gasteiger partial charge is 0.493 e. The van der Waals surface area contributed by atoms with E-state index in [-0.39, 0.29) is 34.7 Å². The van der Waals surface area contributed by atoms with Crippen molar-refractivity contribution in [2.24, 2.45) is 5.92 Å². The molecule has 4 aromatic rings. The van der Waals surface area contributed by atoms with E-state index in [1.807, 2.05) is 6.07 Å². The number of hydrogen-bond acceptors (Lipinski definition) is 8. The van der Waals surface area contributed by atoms with E-state index in [0.717, 1.165) is 30.7 Å². The van der Waals surface area contributed by atoms with Gasteiger partial charge in [-0.15, -0.1) is 0 Å². The molecule has 0 radical (unpaired) electrons. The summed E-state index contributed by atoms with van der Waals surface area (Å²) in [5, 5.41) is 24.0. The normalized spacial score (nSPS) is 19.3. The van der Waals surface area contributed by atoms with Crippen LogP contribution in [0.25, 0.3) is 0 Å². The van der Waals surface area contributed by atoms with E-state index in [2.05, 4.69) is 10.2 Å². The lowest BCUT2D eigenvalue weighted by molar-refractivity contribution is -0.904. The van der Waals surface area contributed by atoms with Gasteiger partial charge in [0.2, 0.25) is 12.4 Å². The first-order valence-electron chi connectivity index (χ1n) is 16.6. The van der Waals surface area contributed by atoms with Crippen molar-refractivity contribution in [1.29, 1.82) is 0 Å². The Labute approximate surface area is 305 Å². The van der Waals surface area contributed by atoms with Crippen molar-refractivity contribution < 1.29 is 43.2 Å². The van der Waals surface area contributed by atoms with E-state index >= 15 is 0 Å². The lowest BCUT2D eigenvalue weighted by Crippen LogP contribution is -2.52. The van der Waals surface area contributed by atoms with E-state index in [0.29, 0.717) is 51.8 Å². The number of hydrogen-bond donors (Lipinski definition) is 3. The molecular weight excluding hydrogens is 700 g/mol. The molecule has 0 amide bonds. The number of nitrogens with one attached hydrogen (secondary N) is 1. The summed E-state index contributed by atoms with van der Waals surface area (Å²) in [7, 11) is 3.03. The molecule has 0 spiro atoms. The van der Waals surface area contributed by atoms with Crippen LogP contribution < -0.4 is 19.5 Å². The minimum Gasteiger partial charge on any atom is -0.493 e. The molecule has 0 aliphatic carbocycles. The Morgan fingerprint density at radius 1 is 0.980 bits per heavy atom. The topological polar surface area (TPSA) is 121 Å². The predicted molar refractivity (Wildman–Crippen MR) is 187 cm³/mol. The number of halogens is 3. The highest BCUT2D eigenvalue weighted by Gasteiger charge is 2.38. The monoisotopic (exact) mass is 738 g/mol. The summed E-state index contributed by atoms with van der Waals surface area (Å²) in [6.45, 7) is 2.79.